The number of nitrogens with two attached hydrogens (primary N) is 1. The molecule has 0 aliphatic carbocycles. The van der Waals surface area contributed by atoms with Gasteiger partial charge in [-0.15, -0.1) is 0 Å². The number of nitrogens with zero attached hydrogens (tertiary/aromatic N) is 4. The highest BCUT2D eigenvalue weighted by Gasteiger charge is 2.13. The first-order chi connectivity index (χ1) is 12.7. The third-order valence-electron chi connectivity index (χ3n) is 4.38. The molecule has 4 rings (SSSR count). The molecule has 0 atom stereocenters. The molecule has 5 nitrogen and oxygen atoms in total. The van der Waals surface area contributed by atoms with Gasteiger partial charge in [0.2, 0.25) is 0 Å². The summed E-state index contributed by atoms with van der Waals surface area (Å²) in [5.74, 6) is 1.02. The second kappa shape index (κ2) is 6.26. The lowest BCUT2D eigenvalue weighted by atomic mass is 9.97. The van der Waals surface area contributed by atoms with E-state index in [1.54, 1.807) is 12.4 Å². The summed E-state index contributed by atoms with van der Waals surface area (Å²) in [5, 5.41) is 0.851. The van der Waals surface area contributed by atoms with E-state index < -0.39 is 0 Å². The van der Waals surface area contributed by atoms with Gasteiger partial charge in [0.15, 0.2) is 11.5 Å². The van der Waals surface area contributed by atoms with Gasteiger partial charge in [0.05, 0.1) is 12.1 Å². The molecule has 2 aromatic carbocycles. The van der Waals surface area contributed by atoms with Gasteiger partial charge in [0, 0.05) is 23.3 Å². The van der Waals surface area contributed by atoms with Crippen molar-refractivity contribution in [3.63, 3.8) is 0 Å². The van der Waals surface area contributed by atoms with Crippen LogP contribution >= 0.6 is 0 Å². The predicted molar refractivity (Wildman–Crippen MR) is 104 cm³/mol. The first-order valence-corrected chi connectivity index (χ1v) is 8.12. The lowest BCUT2D eigenvalue weighted by molar-refractivity contribution is 1.21. The van der Waals surface area contributed by atoms with Crippen LogP contribution < -0.4 is 5.73 Å². The normalized spacial score (nSPS) is 10.6. The molecule has 2 heterocycles. The molecule has 0 radical (unpaired) electrons. The summed E-state index contributed by atoms with van der Waals surface area (Å²) in [5.41, 5.74) is 11.6. The third-order valence-corrected chi connectivity index (χ3v) is 4.38. The van der Waals surface area contributed by atoms with Gasteiger partial charge in [0.1, 0.15) is 5.82 Å². The van der Waals surface area contributed by atoms with Crippen LogP contribution in [-0.4, -0.2) is 15.0 Å². The van der Waals surface area contributed by atoms with Crippen LogP contribution in [0.2, 0.25) is 0 Å². The van der Waals surface area contributed by atoms with Crippen molar-refractivity contribution < 1.29 is 0 Å². The number of pyridine rings is 1. The Morgan fingerprint density at radius 2 is 1.77 bits per heavy atom. The van der Waals surface area contributed by atoms with Gasteiger partial charge < -0.3 is 5.73 Å². The van der Waals surface area contributed by atoms with Crippen molar-refractivity contribution in [1.29, 1.82) is 0 Å². The molecule has 2 aromatic heterocycles. The van der Waals surface area contributed by atoms with Crippen molar-refractivity contribution >= 4 is 22.4 Å². The summed E-state index contributed by atoms with van der Waals surface area (Å²) in [6.07, 6.45) is 3.43. The Balaban J connectivity index is 1.88. The fourth-order valence-electron chi connectivity index (χ4n) is 3.08. The van der Waals surface area contributed by atoms with E-state index in [1.165, 1.54) is 0 Å². The number of aromatic nitrogens is 3. The highest BCUT2D eigenvalue weighted by molar-refractivity contribution is 5.96. The molecular weight excluding hydrogens is 322 g/mol. The Morgan fingerprint density at radius 1 is 0.962 bits per heavy atom. The maximum atomic E-state index is 7.08. The summed E-state index contributed by atoms with van der Waals surface area (Å²) in [7, 11) is 0. The minimum Gasteiger partial charge on any atom is -0.383 e. The zero-order chi connectivity index (χ0) is 18.1. The van der Waals surface area contributed by atoms with Crippen LogP contribution in [0.5, 0.6) is 0 Å². The molecule has 0 spiro atoms. The van der Waals surface area contributed by atoms with Gasteiger partial charge in [0.25, 0.3) is 0 Å². The molecule has 0 unspecified atom stereocenters. The van der Waals surface area contributed by atoms with E-state index in [2.05, 4.69) is 19.8 Å². The minimum absolute atomic E-state index is 0.450. The highest BCUT2D eigenvalue weighted by Crippen LogP contribution is 2.33. The molecule has 0 aliphatic heterocycles. The number of anilines is 1. The lowest BCUT2D eigenvalue weighted by Crippen LogP contribution is -2.00. The number of aryl methyl sites for hydroxylation is 1. The minimum atomic E-state index is 0.450. The van der Waals surface area contributed by atoms with Crippen molar-refractivity contribution in [3.8, 4) is 22.5 Å². The smallest absolute Gasteiger partial charge is 0.187 e. The first-order valence-electron chi connectivity index (χ1n) is 8.12. The van der Waals surface area contributed by atoms with Crippen molar-refractivity contribution in [1.82, 2.24) is 15.0 Å². The monoisotopic (exact) mass is 337 g/mol. The summed E-state index contributed by atoms with van der Waals surface area (Å²) >= 11 is 0. The third kappa shape index (κ3) is 2.64. The number of rotatable bonds is 2. The Bertz CT molecular complexity index is 1140. The van der Waals surface area contributed by atoms with E-state index in [-0.39, 0.29) is 0 Å². The van der Waals surface area contributed by atoms with Crippen molar-refractivity contribution in [3.05, 3.63) is 77.9 Å². The summed E-state index contributed by atoms with van der Waals surface area (Å²) in [6, 6.07) is 15.3. The molecule has 5 heteroatoms. The van der Waals surface area contributed by atoms with E-state index >= 15 is 0 Å². The van der Waals surface area contributed by atoms with Crippen LogP contribution in [0.25, 0.3) is 38.3 Å². The zero-order valence-electron chi connectivity index (χ0n) is 14.1. The fraction of sp³-hybridized carbons (Fsp3) is 0.0476. The fourth-order valence-corrected chi connectivity index (χ4v) is 3.08. The molecule has 26 heavy (non-hydrogen) atoms. The van der Waals surface area contributed by atoms with Gasteiger partial charge >= 0.3 is 0 Å². The quantitative estimate of drug-likeness (QED) is 0.533. The Labute approximate surface area is 151 Å². The molecule has 2 N–H and O–H groups in total. The van der Waals surface area contributed by atoms with Gasteiger partial charge in [-0.05, 0) is 41.8 Å². The first kappa shape index (κ1) is 15.7. The predicted octanol–water partition coefficient (Wildman–Crippen LogP) is 4.80. The molecule has 0 fully saturated rings. The molecule has 4 aromatic rings. The number of hydrogen-bond donors (Lipinski definition) is 1. The van der Waals surface area contributed by atoms with Crippen molar-refractivity contribution in [2.45, 2.75) is 6.92 Å². The number of benzene rings is 2. The molecular formula is C21H15N5. The van der Waals surface area contributed by atoms with Crippen LogP contribution in [0, 0.1) is 13.5 Å². The largest absolute Gasteiger partial charge is 0.383 e. The van der Waals surface area contributed by atoms with Crippen LogP contribution in [0.3, 0.4) is 0 Å². The number of nitrogen functional groups attached to an aromatic ring is 1. The average molecular weight is 337 g/mol. The summed E-state index contributed by atoms with van der Waals surface area (Å²) < 4.78 is 0. The number of fused-ring (bicyclic) bond motifs is 1. The maximum absolute atomic E-state index is 7.08. The van der Waals surface area contributed by atoms with Crippen LogP contribution in [0.15, 0.2) is 60.9 Å². The van der Waals surface area contributed by atoms with Gasteiger partial charge in [-0.1, -0.05) is 30.3 Å². The van der Waals surface area contributed by atoms with E-state index in [0.29, 0.717) is 17.3 Å². The Morgan fingerprint density at radius 3 is 2.46 bits per heavy atom. The maximum Gasteiger partial charge on any atom is 0.187 e. The van der Waals surface area contributed by atoms with E-state index in [1.807, 2.05) is 55.5 Å². The van der Waals surface area contributed by atoms with Gasteiger partial charge in [-0.3, -0.25) is 4.98 Å². The van der Waals surface area contributed by atoms with E-state index in [9.17, 15) is 0 Å². The van der Waals surface area contributed by atoms with E-state index in [4.69, 9.17) is 12.3 Å². The van der Waals surface area contributed by atoms with Gasteiger partial charge in [-0.2, -0.15) is 0 Å². The highest BCUT2D eigenvalue weighted by atomic mass is 14.9. The van der Waals surface area contributed by atoms with Crippen molar-refractivity contribution in [2.24, 2.45) is 0 Å². The van der Waals surface area contributed by atoms with Gasteiger partial charge in [-0.25, -0.2) is 14.8 Å². The SMILES string of the molecule is [C-]#[N+]c1ccc(-c2ccc3nc(-c4cccnc4)nc(N)c3c2C)cc1. The topological polar surface area (TPSA) is 69.0 Å². The molecule has 0 bridgehead atoms. The summed E-state index contributed by atoms with van der Waals surface area (Å²) in [4.78, 5) is 16.7. The zero-order valence-corrected chi connectivity index (χ0v) is 14.1. The molecule has 0 aliphatic rings. The molecule has 0 saturated heterocycles. The van der Waals surface area contributed by atoms with Crippen LogP contribution in [-0.2, 0) is 0 Å². The molecule has 0 saturated carbocycles. The summed E-state index contributed by atoms with van der Waals surface area (Å²) in [6.45, 7) is 9.09. The molecule has 0 amide bonds. The van der Waals surface area contributed by atoms with E-state index in [0.717, 1.165) is 33.2 Å². The van der Waals surface area contributed by atoms with Crippen LogP contribution in [0.1, 0.15) is 5.56 Å². The average Bonchev–Trinajstić information content (AvgIpc) is 2.69. The Kier molecular flexibility index (Phi) is 3.79. The lowest BCUT2D eigenvalue weighted by Gasteiger charge is -2.12. The standard InChI is InChI=1S/C21H15N5/c1-13-17(14-5-7-16(23-2)8-6-14)9-10-18-19(13)20(22)26-21(25-18)15-4-3-11-24-12-15/h3-12H,1H3,(H2,22,25,26). The second-order valence-electron chi connectivity index (χ2n) is 5.97. The molecule has 124 valence electrons. The Hall–Kier alpha value is -3.78. The number of hydrogen-bond acceptors (Lipinski definition) is 4. The second-order valence-corrected chi connectivity index (χ2v) is 5.97. The van der Waals surface area contributed by atoms with Crippen LogP contribution in [0.4, 0.5) is 11.5 Å². The van der Waals surface area contributed by atoms with Crippen molar-refractivity contribution in [2.75, 3.05) is 5.73 Å².